The number of benzene rings is 2. The molecule has 33 heavy (non-hydrogen) atoms. The summed E-state index contributed by atoms with van der Waals surface area (Å²) < 4.78 is 0. The van der Waals surface area contributed by atoms with Crippen LogP contribution in [0.3, 0.4) is 0 Å². The van der Waals surface area contributed by atoms with Crippen molar-refractivity contribution in [3.63, 3.8) is 0 Å². The highest BCUT2D eigenvalue weighted by Gasteiger charge is 2.28. The van der Waals surface area contributed by atoms with Gasteiger partial charge in [-0.2, -0.15) is 0 Å². The van der Waals surface area contributed by atoms with Crippen molar-refractivity contribution in [2.45, 2.75) is 12.5 Å². The van der Waals surface area contributed by atoms with Crippen LogP contribution in [0.4, 0.5) is 0 Å². The van der Waals surface area contributed by atoms with Crippen molar-refractivity contribution in [2.75, 3.05) is 26.2 Å². The molecule has 2 aromatic carbocycles. The maximum Gasteiger partial charge on any atom is 0.264 e. The minimum atomic E-state index is -0.492. The zero-order valence-corrected chi connectivity index (χ0v) is 19.5. The molecule has 0 aliphatic carbocycles. The van der Waals surface area contributed by atoms with Crippen LogP contribution in [0.15, 0.2) is 72.1 Å². The van der Waals surface area contributed by atoms with Crippen LogP contribution in [0.1, 0.15) is 38.1 Å². The maximum absolute atomic E-state index is 13.1. The lowest BCUT2D eigenvalue weighted by atomic mass is 10.0. The van der Waals surface area contributed by atoms with E-state index in [0.717, 1.165) is 5.56 Å². The third-order valence-electron chi connectivity index (χ3n) is 5.66. The lowest BCUT2D eigenvalue weighted by Crippen LogP contribution is -2.51. The van der Waals surface area contributed by atoms with E-state index in [4.69, 9.17) is 11.6 Å². The van der Waals surface area contributed by atoms with Gasteiger partial charge in [-0.1, -0.05) is 60.1 Å². The zero-order valence-electron chi connectivity index (χ0n) is 17.9. The molecule has 0 spiro atoms. The van der Waals surface area contributed by atoms with Gasteiger partial charge in [-0.25, -0.2) is 0 Å². The minimum Gasteiger partial charge on any atom is -0.345 e. The van der Waals surface area contributed by atoms with Crippen LogP contribution in [0.2, 0.25) is 5.02 Å². The summed E-state index contributed by atoms with van der Waals surface area (Å²) in [5.41, 5.74) is 1.21. The van der Waals surface area contributed by atoms with E-state index >= 15 is 0 Å². The van der Waals surface area contributed by atoms with Crippen molar-refractivity contribution in [3.05, 3.63) is 93.1 Å². The van der Waals surface area contributed by atoms with Gasteiger partial charge in [0.05, 0.1) is 27.9 Å². The van der Waals surface area contributed by atoms with Gasteiger partial charge in [-0.05, 0) is 29.1 Å². The van der Waals surface area contributed by atoms with E-state index in [0.29, 0.717) is 41.6 Å². The molecular formula is C25H24ClN3O3S. The fourth-order valence-corrected chi connectivity index (χ4v) is 4.75. The predicted octanol–water partition coefficient (Wildman–Crippen LogP) is 4.25. The Kier molecular flexibility index (Phi) is 7.42. The summed E-state index contributed by atoms with van der Waals surface area (Å²) in [6.45, 7) is 1.92. The Morgan fingerprint density at radius 1 is 0.879 bits per heavy atom. The number of piperazine rings is 1. The van der Waals surface area contributed by atoms with Crippen LogP contribution in [-0.4, -0.2) is 53.7 Å². The molecule has 6 nitrogen and oxygen atoms in total. The van der Waals surface area contributed by atoms with Crippen molar-refractivity contribution < 1.29 is 14.4 Å². The van der Waals surface area contributed by atoms with Crippen LogP contribution in [0, 0.1) is 0 Å². The second kappa shape index (κ2) is 10.6. The van der Waals surface area contributed by atoms with Crippen molar-refractivity contribution in [1.29, 1.82) is 0 Å². The molecule has 3 amide bonds. The van der Waals surface area contributed by atoms with Gasteiger partial charge in [0.1, 0.15) is 0 Å². The van der Waals surface area contributed by atoms with E-state index in [1.54, 1.807) is 34.1 Å². The molecule has 1 saturated heterocycles. The molecule has 1 aliphatic heterocycles. The third-order valence-corrected chi connectivity index (χ3v) is 6.84. The molecular weight excluding hydrogens is 458 g/mol. The normalized spacial score (nSPS) is 14.6. The number of hydrogen-bond acceptors (Lipinski definition) is 4. The van der Waals surface area contributed by atoms with Gasteiger partial charge in [0, 0.05) is 26.2 Å². The SMILES string of the molecule is O=C(NC(CC(=O)N1CCN(C(=O)c2cccs2)CC1)c1ccccc1)c1ccccc1Cl. The summed E-state index contributed by atoms with van der Waals surface area (Å²) in [5.74, 6) is -0.383. The molecule has 170 valence electrons. The van der Waals surface area contributed by atoms with Crippen LogP contribution in [0.25, 0.3) is 0 Å². The number of thiophene rings is 1. The second-order valence-electron chi connectivity index (χ2n) is 7.77. The first-order valence-electron chi connectivity index (χ1n) is 10.7. The summed E-state index contributed by atoms with van der Waals surface area (Å²) in [6, 6.07) is 19.4. The fourth-order valence-electron chi connectivity index (χ4n) is 3.84. The van der Waals surface area contributed by atoms with E-state index in [-0.39, 0.29) is 24.1 Å². The number of amides is 3. The highest BCUT2D eigenvalue weighted by Crippen LogP contribution is 2.22. The fraction of sp³-hybridized carbons (Fsp3) is 0.240. The molecule has 1 N–H and O–H groups in total. The van der Waals surface area contributed by atoms with Gasteiger partial charge in [0.15, 0.2) is 0 Å². The molecule has 0 radical (unpaired) electrons. The molecule has 2 heterocycles. The average molecular weight is 482 g/mol. The first-order valence-corrected chi connectivity index (χ1v) is 12.0. The van der Waals surface area contributed by atoms with Crippen molar-refractivity contribution >= 4 is 40.7 Å². The number of nitrogens with one attached hydrogen (secondary N) is 1. The van der Waals surface area contributed by atoms with Gasteiger partial charge in [-0.3, -0.25) is 14.4 Å². The maximum atomic E-state index is 13.1. The van der Waals surface area contributed by atoms with Crippen LogP contribution < -0.4 is 5.32 Å². The molecule has 0 saturated carbocycles. The number of rotatable bonds is 6. The number of hydrogen-bond donors (Lipinski definition) is 1. The molecule has 1 atom stereocenters. The summed E-state index contributed by atoms with van der Waals surface area (Å²) in [4.78, 5) is 42.8. The Morgan fingerprint density at radius 3 is 2.21 bits per heavy atom. The van der Waals surface area contributed by atoms with E-state index in [2.05, 4.69) is 5.32 Å². The third kappa shape index (κ3) is 5.61. The Balaban J connectivity index is 1.41. The quantitative estimate of drug-likeness (QED) is 0.572. The van der Waals surface area contributed by atoms with E-state index < -0.39 is 6.04 Å². The van der Waals surface area contributed by atoms with Gasteiger partial charge in [0.25, 0.3) is 11.8 Å². The molecule has 3 aromatic rings. The Bertz CT molecular complexity index is 1110. The van der Waals surface area contributed by atoms with Crippen LogP contribution >= 0.6 is 22.9 Å². The monoisotopic (exact) mass is 481 g/mol. The van der Waals surface area contributed by atoms with E-state index in [1.807, 2.05) is 47.8 Å². The summed E-state index contributed by atoms with van der Waals surface area (Å²) >= 11 is 7.61. The minimum absolute atomic E-state index is 0.00580. The second-order valence-corrected chi connectivity index (χ2v) is 9.13. The first kappa shape index (κ1) is 23.0. The summed E-state index contributed by atoms with van der Waals surface area (Å²) in [7, 11) is 0. The molecule has 0 bridgehead atoms. The molecule has 8 heteroatoms. The van der Waals surface area contributed by atoms with Gasteiger partial charge in [0.2, 0.25) is 5.91 Å². The molecule has 1 fully saturated rings. The molecule has 1 unspecified atom stereocenters. The van der Waals surface area contributed by atoms with E-state index in [1.165, 1.54) is 11.3 Å². The highest BCUT2D eigenvalue weighted by molar-refractivity contribution is 7.12. The summed E-state index contributed by atoms with van der Waals surface area (Å²) in [5, 5.41) is 5.22. The average Bonchev–Trinajstić information content (AvgIpc) is 3.39. The van der Waals surface area contributed by atoms with Gasteiger partial charge in [-0.15, -0.1) is 11.3 Å². The number of nitrogens with zero attached hydrogens (tertiary/aromatic N) is 2. The highest BCUT2D eigenvalue weighted by atomic mass is 35.5. The topological polar surface area (TPSA) is 69.7 Å². The largest absolute Gasteiger partial charge is 0.345 e. The number of carbonyl (C=O) groups excluding carboxylic acids is 3. The van der Waals surface area contributed by atoms with Crippen molar-refractivity contribution in [2.24, 2.45) is 0 Å². The Labute approximate surface area is 201 Å². The van der Waals surface area contributed by atoms with Crippen molar-refractivity contribution in [1.82, 2.24) is 15.1 Å². The molecule has 1 aromatic heterocycles. The lowest BCUT2D eigenvalue weighted by molar-refractivity contribution is -0.133. The molecule has 4 rings (SSSR count). The summed E-state index contributed by atoms with van der Waals surface area (Å²) in [6.07, 6.45) is 0.124. The van der Waals surface area contributed by atoms with Crippen LogP contribution in [0.5, 0.6) is 0 Å². The van der Waals surface area contributed by atoms with Crippen LogP contribution in [-0.2, 0) is 4.79 Å². The molecule has 1 aliphatic rings. The van der Waals surface area contributed by atoms with Gasteiger partial charge < -0.3 is 15.1 Å². The lowest BCUT2D eigenvalue weighted by Gasteiger charge is -2.35. The number of halogens is 1. The standard InChI is InChI=1S/C25H24ClN3O3S/c26-20-10-5-4-9-19(20)24(31)27-21(18-7-2-1-3-8-18)17-23(30)28-12-14-29(15-13-28)25(32)22-11-6-16-33-22/h1-11,16,21H,12-15,17H2,(H,27,31). The number of carbonyl (C=O) groups is 3. The first-order chi connectivity index (χ1) is 16.0. The smallest absolute Gasteiger partial charge is 0.264 e. The zero-order chi connectivity index (χ0) is 23.2. The van der Waals surface area contributed by atoms with E-state index in [9.17, 15) is 14.4 Å². The Morgan fingerprint density at radius 2 is 1.55 bits per heavy atom. The van der Waals surface area contributed by atoms with Crippen molar-refractivity contribution in [3.8, 4) is 0 Å². The van der Waals surface area contributed by atoms with Gasteiger partial charge >= 0.3 is 0 Å². The Hall–Kier alpha value is -3.16. The predicted molar refractivity (Wildman–Crippen MR) is 130 cm³/mol.